The van der Waals surface area contributed by atoms with Crippen LogP contribution >= 0.6 is 12.4 Å². The Morgan fingerprint density at radius 1 is 1.26 bits per heavy atom. The largest absolute Gasteiger partial charge is 0.467 e. The first-order chi connectivity index (χ1) is 8.79. The summed E-state index contributed by atoms with van der Waals surface area (Å²) in [5.41, 5.74) is 6.04. The zero-order valence-corrected chi connectivity index (χ0v) is 12.0. The summed E-state index contributed by atoms with van der Waals surface area (Å²) in [6, 6.07) is 2.03. The maximum Gasteiger partial charge on any atom is 0.254 e. The van der Waals surface area contributed by atoms with Crippen molar-refractivity contribution in [3.8, 4) is 0 Å². The van der Waals surface area contributed by atoms with E-state index in [-0.39, 0.29) is 18.3 Å². The Balaban J connectivity index is 0.00000180. The molecular weight excluding hydrogens is 264 g/mol. The van der Waals surface area contributed by atoms with Crippen LogP contribution in [0.5, 0.6) is 0 Å². The lowest BCUT2D eigenvalue weighted by molar-refractivity contribution is 0.0930. The molecule has 0 aliphatic heterocycles. The van der Waals surface area contributed by atoms with Gasteiger partial charge in [0.15, 0.2) is 0 Å². The number of furan rings is 1. The van der Waals surface area contributed by atoms with E-state index in [9.17, 15) is 4.79 Å². The summed E-state index contributed by atoms with van der Waals surface area (Å²) in [4.78, 5) is 12.0. The summed E-state index contributed by atoms with van der Waals surface area (Å²) in [5.74, 6) is 0.613. The van der Waals surface area contributed by atoms with Gasteiger partial charge >= 0.3 is 0 Å². The number of halogens is 1. The Bertz CT molecular complexity index is 385. The van der Waals surface area contributed by atoms with Gasteiger partial charge in [0.25, 0.3) is 5.91 Å². The van der Waals surface area contributed by atoms with Gasteiger partial charge in [0.05, 0.1) is 12.1 Å². The highest BCUT2D eigenvalue weighted by molar-refractivity contribution is 5.94. The summed E-state index contributed by atoms with van der Waals surface area (Å²) in [6.45, 7) is 0.330. The van der Waals surface area contributed by atoms with E-state index in [1.54, 1.807) is 6.07 Å². The van der Waals surface area contributed by atoms with Gasteiger partial charge in [0, 0.05) is 6.04 Å². The van der Waals surface area contributed by atoms with E-state index in [1.165, 1.54) is 38.4 Å². The lowest BCUT2D eigenvalue weighted by Gasteiger charge is -2.20. The maximum atomic E-state index is 12.0. The first kappa shape index (κ1) is 16.1. The number of nitrogens with two attached hydrogens (primary N) is 1. The van der Waals surface area contributed by atoms with Crippen LogP contribution in [-0.4, -0.2) is 11.9 Å². The molecule has 0 radical (unpaired) electrons. The molecule has 0 aromatic carbocycles. The smallest absolute Gasteiger partial charge is 0.254 e. The molecular formula is C14H23ClN2O2. The van der Waals surface area contributed by atoms with E-state index in [0.29, 0.717) is 23.9 Å². The number of hydrogen-bond acceptors (Lipinski definition) is 3. The highest BCUT2D eigenvalue weighted by Gasteiger charge is 2.16. The zero-order valence-electron chi connectivity index (χ0n) is 11.2. The Hall–Kier alpha value is -1.00. The molecule has 3 N–H and O–H groups in total. The van der Waals surface area contributed by atoms with Gasteiger partial charge < -0.3 is 15.5 Å². The number of carbonyl (C=O) groups is 1. The van der Waals surface area contributed by atoms with Crippen molar-refractivity contribution in [2.24, 2.45) is 5.73 Å². The summed E-state index contributed by atoms with van der Waals surface area (Å²) in [7, 11) is 0. The Kier molecular flexibility index (Phi) is 6.95. The summed E-state index contributed by atoms with van der Waals surface area (Å²) < 4.78 is 5.18. The molecule has 0 unspecified atom stereocenters. The number of amides is 1. The molecule has 5 heteroatoms. The maximum absolute atomic E-state index is 12.0. The molecule has 19 heavy (non-hydrogen) atoms. The molecule has 0 bridgehead atoms. The number of rotatable bonds is 3. The summed E-state index contributed by atoms with van der Waals surface area (Å²) in [6.07, 6.45) is 10.0. The molecule has 0 spiro atoms. The van der Waals surface area contributed by atoms with Crippen molar-refractivity contribution in [3.63, 3.8) is 0 Å². The van der Waals surface area contributed by atoms with E-state index in [4.69, 9.17) is 10.2 Å². The molecule has 1 aromatic rings. The van der Waals surface area contributed by atoms with E-state index in [2.05, 4.69) is 5.32 Å². The van der Waals surface area contributed by atoms with Gasteiger partial charge in [0.1, 0.15) is 12.0 Å². The van der Waals surface area contributed by atoms with Crippen LogP contribution < -0.4 is 11.1 Å². The Morgan fingerprint density at radius 3 is 2.47 bits per heavy atom. The first-order valence-electron chi connectivity index (χ1n) is 6.88. The second kappa shape index (κ2) is 8.23. The molecule has 2 rings (SSSR count). The lowest BCUT2D eigenvalue weighted by Crippen LogP contribution is -2.35. The van der Waals surface area contributed by atoms with Crippen molar-refractivity contribution in [2.45, 2.75) is 57.5 Å². The second-order valence-corrected chi connectivity index (χ2v) is 5.02. The second-order valence-electron chi connectivity index (χ2n) is 5.02. The van der Waals surface area contributed by atoms with E-state index in [1.807, 2.05) is 0 Å². The van der Waals surface area contributed by atoms with E-state index in [0.717, 1.165) is 12.8 Å². The molecule has 1 aliphatic rings. The molecule has 4 nitrogen and oxygen atoms in total. The predicted octanol–water partition coefficient (Wildman–Crippen LogP) is 3.00. The van der Waals surface area contributed by atoms with Crippen molar-refractivity contribution in [3.05, 3.63) is 23.7 Å². The van der Waals surface area contributed by atoms with Crippen LogP contribution in [0.1, 0.15) is 61.1 Å². The molecule has 1 aromatic heterocycles. The van der Waals surface area contributed by atoms with Crippen LogP contribution in [0.15, 0.2) is 16.7 Å². The third-order valence-electron chi connectivity index (χ3n) is 3.56. The quantitative estimate of drug-likeness (QED) is 0.897. The number of hydrogen-bond donors (Lipinski definition) is 2. The Labute approximate surface area is 120 Å². The Morgan fingerprint density at radius 2 is 1.89 bits per heavy atom. The van der Waals surface area contributed by atoms with Gasteiger partial charge in [-0.2, -0.15) is 0 Å². The van der Waals surface area contributed by atoms with Gasteiger partial charge in [-0.15, -0.1) is 12.4 Å². The fourth-order valence-electron chi connectivity index (χ4n) is 2.48. The predicted molar refractivity (Wildman–Crippen MR) is 77.4 cm³/mol. The third-order valence-corrected chi connectivity index (χ3v) is 3.56. The third kappa shape index (κ3) is 4.88. The van der Waals surface area contributed by atoms with Crippen LogP contribution in [0.3, 0.4) is 0 Å². The van der Waals surface area contributed by atoms with Gasteiger partial charge in [-0.3, -0.25) is 4.79 Å². The highest BCUT2D eigenvalue weighted by Crippen LogP contribution is 2.17. The molecule has 1 aliphatic carbocycles. The van der Waals surface area contributed by atoms with Crippen molar-refractivity contribution in [1.29, 1.82) is 0 Å². The molecule has 1 fully saturated rings. The minimum Gasteiger partial charge on any atom is -0.467 e. The topological polar surface area (TPSA) is 68.3 Å². The lowest BCUT2D eigenvalue weighted by atomic mass is 9.96. The van der Waals surface area contributed by atoms with Gasteiger partial charge in [-0.1, -0.05) is 32.1 Å². The minimum atomic E-state index is -0.0379. The van der Waals surface area contributed by atoms with Crippen LogP contribution in [0.2, 0.25) is 0 Å². The molecule has 108 valence electrons. The average molecular weight is 287 g/mol. The molecule has 0 atom stereocenters. The summed E-state index contributed by atoms with van der Waals surface area (Å²) >= 11 is 0. The summed E-state index contributed by atoms with van der Waals surface area (Å²) in [5, 5.41) is 3.10. The first-order valence-corrected chi connectivity index (χ1v) is 6.88. The van der Waals surface area contributed by atoms with Crippen LogP contribution in [-0.2, 0) is 6.54 Å². The van der Waals surface area contributed by atoms with Gasteiger partial charge in [0.2, 0.25) is 0 Å². The van der Waals surface area contributed by atoms with Crippen molar-refractivity contribution < 1.29 is 9.21 Å². The van der Waals surface area contributed by atoms with Crippen molar-refractivity contribution in [1.82, 2.24) is 5.32 Å². The monoisotopic (exact) mass is 286 g/mol. The van der Waals surface area contributed by atoms with Crippen LogP contribution in [0.4, 0.5) is 0 Å². The molecule has 1 heterocycles. The standard InChI is InChI=1S/C14H22N2O2.ClH/c15-9-13-8-11(10-18-13)14(17)16-12-6-4-2-1-3-5-7-12;/h8,10,12H,1-7,9,15H2,(H,16,17);1H. The molecule has 1 amide bonds. The van der Waals surface area contributed by atoms with Crippen molar-refractivity contribution in [2.75, 3.05) is 0 Å². The zero-order chi connectivity index (χ0) is 12.8. The number of nitrogens with one attached hydrogen (secondary N) is 1. The van der Waals surface area contributed by atoms with E-state index >= 15 is 0 Å². The fraction of sp³-hybridized carbons (Fsp3) is 0.643. The van der Waals surface area contributed by atoms with Crippen LogP contribution in [0.25, 0.3) is 0 Å². The van der Waals surface area contributed by atoms with Gasteiger partial charge in [-0.05, 0) is 18.9 Å². The average Bonchev–Trinajstić information content (AvgIpc) is 2.81. The van der Waals surface area contributed by atoms with E-state index < -0.39 is 0 Å². The highest BCUT2D eigenvalue weighted by atomic mass is 35.5. The normalized spacial score (nSPS) is 17.1. The van der Waals surface area contributed by atoms with Gasteiger partial charge in [-0.25, -0.2) is 0 Å². The number of carbonyl (C=O) groups excluding carboxylic acids is 1. The minimum absolute atomic E-state index is 0. The molecule has 1 saturated carbocycles. The molecule has 0 saturated heterocycles. The fourth-order valence-corrected chi connectivity index (χ4v) is 2.48. The van der Waals surface area contributed by atoms with Crippen molar-refractivity contribution >= 4 is 18.3 Å². The van der Waals surface area contributed by atoms with Crippen LogP contribution in [0, 0.1) is 0 Å². The SMILES string of the molecule is Cl.NCc1cc(C(=O)NC2CCCCCCC2)co1.